The summed E-state index contributed by atoms with van der Waals surface area (Å²) in [6.07, 6.45) is 0.711. The third-order valence-corrected chi connectivity index (χ3v) is 7.27. The van der Waals surface area contributed by atoms with Crippen molar-refractivity contribution in [2.24, 2.45) is 11.7 Å². The van der Waals surface area contributed by atoms with E-state index < -0.39 is 39.4 Å². The Hall–Kier alpha value is -1.24. The smallest absolute Gasteiger partial charge is 0.240 e. The van der Waals surface area contributed by atoms with Gasteiger partial charge in [0.1, 0.15) is 12.2 Å². The maximum atomic E-state index is 13.5. The van der Waals surface area contributed by atoms with Crippen molar-refractivity contribution in [3.05, 3.63) is 0 Å². The second-order valence-electron chi connectivity index (χ2n) is 7.27. The van der Waals surface area contributed by atoms with Gasteiger partial charge in [0.2, 0.25) is 15.9 Å². The van der Waals surface area contributed by atoms with Gasteiger partial charge in [-0.15, -0.1) is 0 Å². The quantitative estimate of drug-likeness (QED) is 0.759. The maximum absolute atomic E-state index is 13.5. The van der Waals surface area contributed by atoms with E-state index >= 15 is 0 Å². The zero-order chi connectivity index (χ0) is 18.8. The van der Waals surface area contributed by atoms with Crippen molar-refractivity contribution >= 4 is 15.9 Å². The molecule has 2 N–H and O–H groups in total. The predicted molar refractivity (Wildman–Crippen MR) is 91.6 cm³/mol. The van der Waals surface area contributed by atoms with Gasteiger partial charge in [0.05, 0.1) is 23.9 Å². The van der Waals surface area contributed by atoms with Crippen molar-refractivity contribution in [2.45, 2.75) is 63.0 Å². The van der Waals surface area contributed by atoms with E-state index in [1.165, 1.54) is 9.21 Å². The second-order valence-corrected chi connectivity index (χ2v) is 9.76. The van der Waals surface area contributed by atoms with Crippen molar-refractivity contribution in [3.8, 4) is 6.07 Å². The van der Waals surface area contributed by atoms with E-state index in [0.717, 1.165) is 12.8 Å². The van der Waals surface area contributed by atoms with Gasteiger partial charge in [-0.05, 0) is 39.0 Å². The number of likely N-dealkylation sites (tertiary alicyclic amines) is 1. The Bertz CT molecular complexity index is 634. The number of amides is 1. The van der Waals surface area contributed by atoms with Crippen LogP contribution in [0, 0.1) is 17.2 Å². The molecule has 0 aromatic heterocycles. The van der Waals surface area contributed by atoms with Gasteiger partial charge < -0.3 is 10.6 Å². The summed E-state index contributed by atoms with van der Waals surface area (Å²) in [5.74, 6) is -0.430. The van der Waals surface area contributed by atoms with Gasteiger partial charge in [-0.25, -0.2) is 17.1 Å². The summed E-state index contributed by atoms with van der Waals surface area (Å²) in [5, 5.41) is 8.58. The first kappa shape index (κ1) is 20.1. The number of carbonyl (C=O) groups is 1. The molecule has 2 rings (SSSR count). The summed E-state index contributed by atoms with van der Waals surface area (Å²) in [6.45, 7) is 4.05. The Morgan fingerprint density at radius 1 is 1.40 bits per heavy atom. The number of hydrogen-bond acceptors (Lipinski definition) is 5. The van der Waals surface area contributed by atoms with Gasteiger partial charge in [-0.3, -0.25) is 4.79 Å². The number of nitrogens with two attached hydrogens (primary N) is 1. The number of sulfonamides is 1. The van der Waals surface area contributed by atoms with Gasteiger partial charge in [-0.2, -0.15) is 5.26 Å². The molecule has 2 aliphatic rings. The molecule has 142 valence electrons. The van der Waals surface area contributed by atoms with Crippen molar-refractivity contribution in [1.29, 1.82) is 5.26 Å². The molecule has 25 heavy (non-hydrogen) atoms. The van der Waals surface area contributed by atoms with Gasteiger partial charge in [0.15, 0.2) is 0 Å². The minimum atomic E-state index is -3.32. The van der Waals surface area contributed by atoms with Crippen molar-refractivity contribution in [2.75, 3.05) is 19.6 Å². The van der Waals surface area contributed by atoms with E-state index in [-0.39, 0.29) is 18.9 Å². The van der Waals surface area contributed by atoms with Crippen LogP contribution in [0.3, 0.4) is 0 Å². The molecule has 9 heteroatoms. The lowest BCUT2D eigenvalue weighted by Gasteiger charge is -2.34. The first-order valence-corrected chi connectivity index (χ1v) is 10.3. The largest absolute Gasteiger partial charge is 0.322 e. The molecular formula is C16H27FN4O3S. The molecule has 0 saturated carbocycles. The number of nitriles is 1. The fourth-order valence-electron chi connectivity index (χ4n) is 3.57. The second kappa shape index (κ2) is 7.98. The fourth-order valence-corrected chi connectivity index (χ4v) is 4.97. The predicted octanol–water partition coefficient (Wildman–Crippen LogP) is 0.617. The topological polar surface area (TPSA) is 108 Å². The molecule has 2 fully saturated rings. The van der Waals surface area contributed by atoms with Gasteiger partial charge in [-0.1, -0.05) is 0 Å². The highest BCUT2D eigenvalue weighted by molar-refractivity contribution is 7.89. The summed E-state index contributed by atoms with van der Waals surface area (Å²) in [4.78, 5) is 13.7. The molecule has 0 aliphatic carbocycles. The Kier molecular flexibility index (Phi) is 6.40. The maximum Gasteiger partial charge on any atom is 0.240 e. The molecule has 2 aliphatic heterocycles. The molecule has 0 radical (unpaired) electrons. The van der Waals surface area contributed by atoms with Crippen LogP contribution in [-0.4, -0.2) is 66.7 Å². The summed E-state index contributed by atoms with van der Waals surface area (Å²) in [6, 6.07) is 0.339. The minimum absolute atomic E-state index is 0.00876. The first-order chi connectivity index (χ1) is 11.7. The molecule has 0 spiro atoms. The highest BCUT2D eigenvalue weighted by atomic mass is 32.2. The highest BCUT2D eigenvalue weighted by Gasteiger charge is 2.38. The van der Waals surface area contributed by atoms with Crippen LogP contribution in [0.4, 0.5) is 4.39 Å². The molecule has 0 aromatic rings. The van der Waals surface area contributed by atoms with Crippen LogP contribution >= 0.6 is 0 Å². The molecule has 1 amide bonds. The van der Waals surface area contributed by atoms with Gasteiger partial charge in [0, 0.05) is 19.5 Å². The lowest BCUT2D eigenvalue weighted by Crippen LogP contribution is -2.49. The van der Waals surface area contributed by atoms with Crippen LogP contribution in [0.2, 0.25) is 0 Å². The standard InChI is InChI=1S/C16H27FN4O3S/c1-11(2)25(23,24)20-5-3-4-12(9-20)6-15(19)16(22)21-10-13(17)7-14(21)8-18/h11-15H,3-7,9-10,19H2,1-2H3. The molecule has 4 unspecified atom stereocenters. The summed E-state index contributed by atoms with van der Waals surface area (Å²) in [5.41, 5.74) is 6.01. The normalized spacial score (nSPS) is 29.6. The third-order valence-electron chi connectivity index (χ3n) is 5.02. The number of nitrogens with zero attached hydrogens (tertiary/aromatic N) is 3. The van der Waals surface area contributed by atoms with E-state index in [2.05, 4.69) is 0 Å². The van der Waals surface area contributed by atoms with E-state index in [1.807, 2.05) is 6.07 Å². The van der Waals surface area contributed by atoms with E-state index in [4.69, 9.17) is 11.0 Å². The van der Waals surface area contributed by atoms with E-state index in [9.17, 15) is 17.6 Å². The van der Waals surface area contributed by atoms with Gasteiger partial charge >= 0.3 is 0 Å². The molecule has 4 atom stereocenters. The highest BCUT2D eigenvalue weighted by Crippen LogP contribution is 2.26. The number of carbonyl (C=O) groups excluding carboxylic acids is 1. The Morgan fingerprint density at radius 2 is 2.08 bits per heavy atom. The van der Waals surface area contributed by atoms with Crippen molar-refractivity contribution in [1.82, 2.24) is 9.21 Å². The van der Waals surface area contributed by atoms with Gasteiger partial charge in [0.25, 0.3) is 0 Å². The number of rotatable bonds is 5. The molecule has 0 bridgehead atoms. The lowest BCUT2D eigenvalue weighted by molar-refractivity contribution is -0.133. The van der Waals surface area contributed by atoms with E-state index in [0.29, 0.717) is 19.5 Å². The molecular weight excluding hydrogens is 347 g/mol. The minimum Gasteiger partial charge on any atom is -0.322 e. The molecule has 2 heterocycles. The number of alkyl halides is 1. The summed E-state index contributed by atoms with van der Waals surface area (Å²) in [7, 11) is -3.32. The molecule has 2 saturated heterocycles. The average molecular weight is 374 g/mol. The third kappa shape index (κ3) is 4.49. The Labute approximate surface area is 149 Å². The van der Waals surface area contributed by atoms with Crippen LogP contribution in [-0.2, 0) is 14.8 Å². The average Bonchev–Trinajstić information content (AvgIpc) is 2.95. The Morgan fingerprint density at radius 3 is 2.68 bits per heavy atom. The number of halogens is 1. The van der Waals surface area contributed by atoms with Crippen LogP contribution in [0.15, 0.2) is 0 Å². The summed E-state index contributed by atoms with van der Waals surface area (Å²) < 4.78 is 39.6. The van der Waals surface area contributed by atoms with Crippen molar-refractivity contribution in [3.63, 3.8) is 0 Å². The van der Waals surface area contributed by atoms with E-state index in [1.54, 1.807) is 13.8 Å². The fraction of sp³-hybridized carbons (Fsp3) is 0.875. The lowest BCUT2D eigenvalue weighted by atomic mass is 9.92. The Balaban J connectivity index is 1.97. The molecule has 7 nitrogen and oxygen atoms in total. The van der Waals surface area contributed by atoms with Crippen LogP contribution in [0.5, 0.6) is 0 Å². The monoisotopic (exact) mass is 374 g/mol. The van der Waals surface area contributed by atoms with Crippen LogP contribution in [0.25, 0.3) is 0 Å². The first-order valence-electron chi connectivity index (χ1n) is 8.75. The van der Waals surface area contributed by atoms with Crippen molar-refractivity contribution < 1.29 is 17.6 Å². The molecule has 0 aromatic carbocycles. The zero-order valence-electron chi connectivity index (χ0n) is 14.8. The van der Waals surface area contributed by atoms with Crippen LogP contribution in [0.1, 0.15) is 39.5 Å². The SMILES string of the molecule is CC(C)S(=O)(=O)N1CCCC(CC(N)C(=O)N2CC(F)CC2C#N)C1. The van der Waals surface area contributed by atoms with Crippen LogP contribution < -0.4 is 5.73 Å². The number of piperidine rings is 1. The zero-order valence-corrected chi connectivity index (χ0v) is 15.6. The summed E-state index contributed by atoms with van der Waals surface area (Å²) >= 11 is 0. The number of hydrogen-bond donors (Lipinski definition) is 1.